The van der Waals surface area contributed by atoms with Crippen molar-refractivity contribution in [1.82, 2.24) is 9.55 Å². The van der Waals surface area contributed by atoms with Gasteiger partial charge in [-0.25, -0.2) is 4.98 Å². The van der Waals surface area contributed by atoms with Crippen molar-refractivity contribution in [1.29, 1.82) is 0 Å². The molecule has 0 spiro atoms. The van der Waals surface area contributed by atoms with Crippen molar-refractivity contribution in [3.63, 3.8) is 0 Å². The van der Waals surface area contributed by atoms with Crippen molar-refractivity contribution in [2.24, 2.45) is 0 Å². The number of hydrogen-bond acceptors (Lipinski definition) is 1. The lowest BCUT2D eigenvalue weighted by Crippen LogP contribution is -2.13. The SMILES string of the molecule is CCCCC(CCC)n1c(C(C)Cl)nc2cc(Cl)ccc21. The number of aromatic nitrogens is 2. The number of alkyl halides is 1. The highest BCUT2D eigenvalue weighted by atomic mass is 35.5. The minimum atomic E-state index is -0.0999. The summed E-state index contributed by atoms with van der Waals surface area (Å²) in [6, 6.07) is 6.41. The maximum absolute atomic E-state index is 6.38. The van der Waals surface area contributed by atoms with Crippen LogP contribution >= 0.6 is 23.2 Å². The predicted molar refractivity (Wildman–Crippen MR) is 92.5 cm³/mol. The highest BCUT2D eigenvalue weighted by Crippen LogP contribution is 2.33. The van der Waals surface area contributed by atoms with Crippen molar-refractivity contribution in [2.75, 3.05) is 0 Å². The van der Waals surface area contributed by atoms with Crippen molar-refractivity contribution < 1.29 is 0 Å². The summed E-state index contributed by atoms with van der Waals surface area (Å²) in [4.78, 5) is 4.73. The average molecular weight is 327 g/mol. The highest BCUT2D eigenvalue weighted by Gasteiger charge is 2.21. The summed E-state index contributed by atoms with van der Waals surface area (Å²) in [5.41, 5.74) is 2.10. The van der Waals surface area contributed by atoms with Gasteiger partial charge < -0.3 is 4.57 Å². The number of hydrogen-bond donors (Lipinski definition) is 0. The van der Waals surface area contributed by atoms with Gasteiger partial charge in [-0.05, 0) is 38.0 Å². The van der Waals surface area contributed by atoms with E-state index >= 15 is 0 Å². The van der Waals surface area contributed by atoms with Gasteiger partial charge in [-0.1, -0.05) is 44.7 Å². The summed E-state index contributed by atoms with van der Waals surface area (Å²) in [6.07, 6.45) is 5.94. The van der Waals surface area contributed by atoms with Crippen LogP contribution in [-0.2, 0) is 0 Å². The minimum absolute atomic E-state index is 0.0999. The molecule has 21 heavy (non-hydrogen) atoms. The third-order valence-electron chi connectivity index (χ3n) is 3.91. The molecule has 0 fully saturated rings. The lowest BCUT2D eigenvalue weighted by atomic mass is 10.0. The van der Waals surface area contributed by atoms with Crippen LogP contribution in [0.1, 0.15) is 70.1 Å². The zero-order valence-electron chi connectivity index (χ0n) is 13.1. The van der Waals surface area contributed by atoms with Crippen LogP contribution in [0.4, 0.5) is 0 Å². The summed E-state index contributed by atoms with van der Waals surface area (Å²) in [5.74, 6) is 0.962. The van der Waals surface area contributed by atoms with Gasteiger partial charge in [-0.3, -0.25) is 0 Å². The summed E-state index contributed by atoms with van der Waals surface area (Å²) in [5, 5.41) is 0.624. The van der Waals surface area contributed by atoms with E-state index in [9.17, 15) is 0 Å². The van der Waals surface area contributed by atoms with Gasteiger partial charge in [0.1, 0.15) is 5.82 Å². The molecule has 2 rings (SSSR count). The van der Waals surface area contributed by atoms with E-state index in [1.165, 1.54) is 19.3 Å². The van der Waals surface area contributed by atoms with Crippen molar-refractivity contribution in [3.8, 4) is 0 Å². The lowest BCUT2D eigenvalue weighted by molar-refractivity contribution is 0.414. The third kappa shape index (κ3) is 3.73. The standard InChI is InChI=1S/C17H24Cl2N2/c1-4-6-8-14(7-5-2)21-16-10-9-13(19)11-15(16)20-17(21)12(3)18/h9-12,14H,4-8H2,1-3H3. The molecule has 2 unspecified atom stereocenters. The van der Waals surface area contributed by atoms with Gasteiger partial charge in [-0.15, -0.1) is 11.6 Å². The van der Waals surface area contributed by atoms with Gasteiger partial charge >= 0.3 is 0 Å². The molecule has 0 radical (unpaired) electrons. The number of halogens is 2. The van der Waals surface area contributed by atoms with E-state index < -0.39 is 0 Å². The summed E-state index contributed by atoms with van der Waals surface area (Å²) in [7, 11) is 0. The molecule has 2 aromatic rings. The molecule has 2 atom stereocenters. The number of unbranched alkanes of at least 4 members (excludes halogenated alkanes) is 1. The number of benzene rings is 1. The molecule has 0 saturated carbocycles. The average Bonchev–Trinajstić information content (AvgIpc) is 2.82. The molecule has 0 saturated heterocycles. The van der Waals surface area contributed by atoms with Crippen LogP contribution in [0.25, 0.3) is 11.0 Å². The normalized spacial score (nSPS) is 14.5. The van der Waals surface area contributed by atoms with Crippen LogP contribution in [0.2, 0.25) is 5.02 Å². The fraction of sp³-hybridized carbons (Fsp3) is 0.588. The number of imidazole rings is 1. The van der Waals surface area contributed by atoms with Crippen LogP contribution in [0, 0.1) is 0 Å². The molecule has 4 heteroatoms. The van der Waals surface area contributed by atoms with E-state index in [4.69, 9.17) is 28.2 Å². The van der Waals surface area contributed by atoms with Crippen molar-refractivity contribution in [3.05, 3.63) is 29.0 Å². The summed E-state index contributed by atoms with van der Waals surface area (Å²) >= 11 is 12.5. The maximum Gasteiger partial charge on any atom is 0.127 e. The second kappa shape index (κ2) is 7.51. The molecule has 1 aromatic carbocycles. The second-order valence-electron chi connectivity index (χ2n) is 5.67. The Morgan fingerprint density at radius 2 is 1.95 bits per heavy atom. The van der Waals surface area contributed by atoms with E-state index in [0.717, 1.165) is 34.7 Å². The fourth-order valence-corrected chi connectivity index (χ4v) is 3.25. The van der Waals surface area contributed by atoms with Gasteiger partial charge in [0.25, 0.3) is 0 Å². The van der Waals surface area contributed by atoms with Gasteiger partial charge in [-0.2, -0.15) is 0 Å². The van der Waals surface area contributed by atoms with Crippen LogP contribution in [0.3, 0.4) is 0 Å². The van der Waals surface area contributed by atoms with Gasteiger partial charge in [0.15, 0.2) is 0 Å². The molecule has 1 aromatic heterocycles. The topological polar surface area (TPSA) is 17.8 Å². The van der Waals surface area contributed by atoms with Crippen molar-refractivity contribution >= 4 is 34.2 Å². The quantitative estimate of drug-likeness (QED) is 0.529. The first-order valence-electron chi connectivity index (χ1n) is 7.89. The Balaban J connectivity index is 2.53. The van der Waals surface area contributed by atoms with E-state index in [2.05, 4.69) is 24.5 Å². The molecular weight excluding hydrogens is 303 g/mol. The molecule has 0 amide bonds. The van der Waals surface area contributed by atoms with Gasteiger partial charge in [0, 0.05) is 11.1 Å². The van der Waals surface area contributed by atoms with Crippen molar-refractivity contribution in [2.45, 2.75) is 64.3 Å². The second-order valence-corrected chi connectivity index (χ2v) is 6.76. The molecule has 116 valence electrons. The number of fused-ring (bicyclic) bond motifs is 1. The molecule has 0 aliphatic heterocycles. The maximum atomic E-state index is 6.38. The van der Waals surface area contributed by atoms with Gasteiger partial charge in [0.2, 0.25) is 0 Å². The molecule has 0 aliphatic carbocycles. The molecular formula is C17H24Cl2N2. The zero-order valence-corrected chi connectivity index (χ0v) is 14.6. The van der Waals surface area contributed by atoms with E-state index in [1.807, 2.05) is 19.1 Å². The van der Waals surface area contributed by atoms with Crippen LogP contribution in [-0.4, -0.2) is 9.55 Å². The summed E-state index contributed by atoms with van der Waals surface area (Å²) in [6.45, 7) is 6.46. The first kappa shape index (κ1) is 16.6. The molecule has 0 aliphatic rings. The van der Waals surface area contributed by atoms with Crippen LogP contribution in [0.5, 0.6) is 0 Å². The Morgan fingerprint density at radius 1 is 1.19 bits per heavy atom. The lowest BCUT2D eigenvalue weighted by Gasteiger charge is -2.22. The Bertz CT molecular complexity index is 590. The highest BCUT2D eigenvalue weighted by molar-refractivity contribution is 6.31. The van der Waals surface area contributed by atoms with Gasteiger partial charge in [0.05, 0.1) is 16.4 Å². The predicted octanol–water partition coefficient (Wildman–Crippen LogP) is 6.52. The Kier molecular flexibility index (Phi) is 5.95. The Labute approximate surface area is 137 Å². The largest absolute Gasteiger partial charge is 0.324 e. The fourth-order valence-electron chi connectivity index (χ4n) is 2.93. The molecule has 2 nitrogen and oxygen atoms in total. The van der Waals surface area contributed by atoms with E-state index in [0.29, 0.717) is 6.04 Å². The Hall–Kier alpha value is -0.730. The third-order valence-corrected chi connectivity index (χ3v) is 4.34. The van der Waals surface area contributed by atoms with E-state index in [1.54, 1.807) is 0 Å². The molecule has 0 N–H and O–H groups in total. The Morgan fingerprint density at radius 3 is 2.57 bits per heavy atom. The smallest absolute Gasteiger partial charge is 0.127 e. The first-order chi connectivity index (χ1) is 10.1. The molecule has 0 bridgehead atoms. The van der Waals surface area contributed by atoms with Crippen LogP contribution in [0.15, 0.2) is 18.2 Å². The zero-order chi connectivity index (χ0) is 15.4. The monoisotopic (exact) mass is 326 g/mol. The van der Waals surface area contributed by atoms with Crippen LogP contribution < -0.4 is 0 Å². The number of nitrogens with zero attached hydrogens (tertiary/aromatic N) is 2. The van der Waals surface area contributed by atoms with E-state index in [-0.39, 0.29) is 5.38 Å². The molecule has 1 heterocycles. The minimum Gasteiger partial charge on any atom is -0.324 e. The number of rotatable bonds is 7. The summed E-state index contributed by atoms with van der Waals surface area (Å²) < 4.78 is 2.35. The first-order valence-corrected chi connectivity index (χ1v) is 8.71.